The number of fused-ring (bicyclic) bond motifs is 11. The van der Waals surface area contributed by atoms with Gasteiger partial charge in [0.15, 0.2) is 11.6 Å². The molecule has 0 saturated heterocycles. The molecule has 6 aromatic carbocycles. The summed E-state index contributed by atoms with van der Waals surface area (Å²) >= 11 is 3.82. The Balaban J connectivity index is 1.22. The van der Waals surface area contributed by atoms with Crippen LogP contribution >= 0.6 is 23.1 Å². The maximum absolute atomic E-state index is 7.17. The van der Waals surface area contributed by atoms with Gasteiger partial charge in [0, 0.05) is 17.4 Å². The fourth-order valence-electron chi connectivity index (χ4n) is 9.20. The van der Waals surface area contributed by atoms with E-state index in [2.05, 4.69) is 149 Å². The number of ether oxygens (including phenoxy) is 2. The number of para-hydroxylation sites is 2. The van der Waals surface area contributed by atoms with E-state index < -0.39 is 11.1 Å². The first-order valence-electron chi connectivity index (χ1n) is 17.3. The van der Waals surface area contributed by atoms with E-state index in [1.165, 1.54) is 52.4 Å². The van der Waals surface area contributed by atoms with Gasteiger partial charge in [-0.25, -0.2) is 0 Å². The molecule has 4 atom stereocenters. The molecule has 4 aliphatic rings. The van der Waals surface area contributed by atoms with Gasteiger partial charge in [-0.05, 0) is 83.3 Å². The van der Waals surface area contributed by atoms with E-state index in [4.69, 9.17) is 9.47 Å². The van der Waals surface area contributed by atoms with Crippen LogP contribution in [0.1, 0.15) is 30.7 Å². The van der Waals surface area contributed by atoms with Gasteiger partial charge >= 0.3 is 0 Å². The number of benzene rings is 6. The summed E-state index contributed by atoms with van der Waals surface area (Å²) in [7, 11) is 0. The van der Waals surface area contributed by atoms with Gasteiger partial charge in [-0.15, -0.1) is 0 Å². The Morgan fingerprint density at radius 3 is 1.86 bits per heavy atom. The molecule has 4 nitrogen and oxygen atoms in total. The van der Waals surface area contributed by atoms with Crippen molar-refractivity contribution < 1.29 is 14.0 Å². The second-order valence-electron chi connectivity index (χ2n) is 13.8. The lowest BCUT2D eigenvalue weighted by Crippen LogP contribution is -2.88. The maximum Gasteiger partial charge on any atom is 0.266 e. The highest BCUT2D eigenvalue weighted by molar-refractivity contribution is 8.04. The van der Waals surface area contributed by atoms with Crippen LogP contribution in [-0.4, -0.2) is 17.7 Å². The number of thiazole rings is 1. The smallest absolute Gasteiger partial charge is 0.266 e. The zero-order chi connectivity index (χ0) is 32.2. The summed E-state index contributed by atoms with van der Waals surface area (Å²) in [4.78, 5) is 4.02. The Morgan fingerprint density at radius 1 is 0.633 bits per heavy atom. The van der Waals surface area contributed by atoms with E-state index in [-0.39, 0.29) is 12.2 Å². The van der Waals surface area contributed by atoms with Crippen molar-refractivity contribution in [3.05, 3.63) is 143 Å². The summed E-state index contributed by atoms with van der Waals surface area (Å²) in [6.07, 6.45) is 6.33. The highest BCUT2D eigenvalue weighted by Crippen LogP contribution is 2.65. The first-order chi connectivity index (χ1) is 24.2. The molecule has 2 aliphatic carbocycles. The minimum atomic E-state index is -0.400. The van der Waals surface area contributed by atoms with Crippen molar-refractivity contribution in [3.63, 3.8) is 0 Å². The zero-order valence-corrected chi connectivity index (χ0v) is 28.4. The molecule has 0 radical (unpaired) electrons. The molecule has 4 unspecified atom stereocenters. The minimum Gasteiger partial charge on any atom is -0.488 e. The third kappa shape index (κ3) is 3.84. The standard InChI is InChI=1S/C43H33N2O2S2/c1-3-15-32(16-4-1)46-38-19-21-42(38)43(22-20-39(43)47-33-17-5-2-6-18-33)45-35-24-29-12-8-10-14-31(29)26-37(35)49-41(45)27-40-44(42)34-23-28-11-7-9-13-30(28)25-36(34)48-40/h1-18,23-27,38-39H,19-22H2/q+1. The lowest BCUT2D eigenvalue weighted by molar-refractivity contribution is -0.773. The highest BCUT2D eigenvalue weighted by atomic mass is 32.2. The molecule has 7 aromatic rings. The van der Waals surface area contributed by atoms with Gasteiger partial charge < -0.3 is 14.4 Å². The van der Waals surface area contributed by atoms with E-state index in [9.17, 15) is 0 Å². The predicted octanol–water partition coefficient (Wildman–Crippen LogP) is 10.3. The lowest BCUT2D eigenvalue weighted by atomic mass is 9.51. The summed E-state index contributed by atoms with van der Waals surface area (Å²) in [5.74, 6) is 1.85. The molecule has 2 saturated carbocycles. The average molecular weight is 674 g/mol. The fourth-order valence-corrected chi connectivity index (χ4v) is 11.7. The number of hydrogen-bond donors (Lipinski definition) is 0. The van der Waals surface area contributed by atoms with Crippen LogP contribution in [0.15, 0.2) is 143 Å². The van der Waals surface area contributed by atoms with Gasteiger partial charge in [0.1, 0.15) is 22.3 Å². The maximum atomic E-state index is 7.17. The van der Waals surface area contributed by atoms with Gasteiger partial charge in [0.2, 0.25) is 11.1 Å². The third-order valence-corrected chi connectivity index (χ3v) is 13.6. The van der Waals surface area contributed by atoms with Gasteiger partial charge in [-0.2, -0.15) is 4.57 Å². The number of rotatable bonds is 4. The summed E-state index contributed by atoms with van der Waals surface area (Å²) < 4.78 is 18.4. The molecular weight excluding hydrogens is 641 g/mol. The SMILES string of the molecule is C1=C2Sc3cc4ccccc4cc3N2C2(CCC2Oc2ccccc2)C2(CCC2Oc2ccccc2)[n+]2c1sc1cc3ccccc3cc12. The molecule has 2 aliphatic heterocycles. The van der Waals surface area contributed by atoms with Crippen LogP contribution < -0.4 is 18.9 Å². The van der Waals surface area contributed by atoms with E-state index >= 15 is 0 Å². The van der Waals surface area contributed by atoms with E-state index in [1.54, 1.807) is 0 Å². The van der Waals surface area contributed by atoms with Crippen LogP contribution in [0.4, 0.5) is 5.69 Å². The van der Waals surface area contributed by atoms with Crippen LogP contribution in [0.5, 0.6) is 11.5 Å². The lowest BCUT2D eigenvalue weighted by Gasteiger charge is -2.64. The van der Waals surface area contributed by atoms with Crippen LogP contribution in [-0.2, 0) is 5.54 Å². The van der Waals surface area contributed by atoms with Crippen molar-refractivity contribution in [2.24, 2.45) is 0 Å². The predicted molar refractivity (Wildman–Crippen MR) is 201 cm³/mol. The Morgan fingerprint density at radius 2 is 1.22 bits per heavy atom. The van der Waals surface area contributed by atoms with Gasteiger partial charge in [-0.1, -0.05) is 108 Å². The molecule has 2 spiro atoms. The van der Waals surface area contributed by atoms with Gasteiger partial charge in [0.25, 0.3) is 5.01 Å². The molecular formula is C43H33N2O2S2+. The van der Waals surface area contributed by atoms with Crippen molar-refractivity contribution >= 4 is 66.6 Å². The number of anilines is 1. The number of aromatic nitrogens is 1. The zero-order valence-electron chi connectivity index (χ0n) is 26.8. The van der Waals surface area contributed by atoms with Crippen molar-refractivity contribution in [3.8, 4) is 11.5 Å². The van der Waals surface area contributed by atoms with Crippen molar-refractivity contribution in [1.82, 2.24) is 0 Å². The highest BCUT2D eigenvalue weighted by Gasteiger charge is 2.80. The molecule has 0 N–H and O–H groups in total. The van der Waals surface area contributed by atoms with Gasteiger partial charge in [0.05, 0.1) is 16.8 Å². The number of hydrogen-bond acceptors (Lipinski definition) is 5. The fraction of sp³-hybridized carbons (Fsp3) is 0.186. The van der Waals surface area contributed by atoms with Crippen LogP contribution in [0.3, 0.4) is 0 Å². The first kappa shape index (κ1) is 28.1. The molecule has 0 bridgehead atoms. The van der Waals surface area contributed by atoms with Gasteiger partial charge in [-0.3, -0.25) is 0 Å². The van der Waals surface area contributed by atoms with Crippen LogP contribution in [0.25, 0.3) is 37.8 Å². The molecule has 2 fully saturated rings. The van der Waals surface area contributed by atoms with Crippen LogP contribution in [0, 0.1) is 0 Å². The summed E-state index contributed by atoms with van der Waals surface area (Å²) in [5, 5.41) is 7.64. The first-order valence-corrected chi connectivity index (χ1v) is 18.9. The van der Waals surface area contributed by atoms with Crippen molar-refractivity contribution in [2.45, 2.75) is 53.9 Å². The van der Waals surface area contributed by atoms with E-state index in [1.807, 2.05) is 23.1 Å². The van der Waals surface area contributed by atoms with E-state index in [0.717, 1.165) is 37.2 Å². The van der Waals surface area contributed by atoms with Crippen LogP contribution in [0.2, 0.25) is 0 Å². The summed E-state index contributed by atoms with van der Waals surface area (Å²) in [6.45, 7) is 0. The summed E-state index contributed by atoms with van der Waals surface area (Å²) in [5.41, 5.74) is 1.77. The largest absolute Gasteiger partial charge is 0.488 e. The molecule has 6 heteroatoms. The average Bonchev–Trinajstić information content (AvgIpc) is 3.62. The molecule has 3 heterocycles. The molecule has 49 heavy (non-hydrogen) atoms. The molecule has 238 valence electrons. The number of nitrogens with zero attached hydrogens (tertiary/aromatic N) is 2. The molecule has 0 amide bonds. The normalized spacial score (nSPS) is 25.0. The Bertz CT molecular complexity index is 2480. The number of thioether (sulfide) groups is 1. The second-order valence-corrected chi connectivity index (χ2v) is 15.9. The third-order valence-electron chi connectivity index (χ3n) is 11.5. The minimum absolute atomic E-state index is 0.0487. The second kappa shape index (κ2) is 10.4. The van der Waals surface area contributed by atoms with Crippen molar-refractivity contribution in [2.75, 3.05) is 4.90 Å². The Hall–Kier alpha value is -4.78. The summed E-state index contributed by atoms with van der Waals surface area (Å²) in [6, 6.07) is 48.0. The Kier molecular flexibility index (Phi) is 5.94. The van der Waals surface area contributed by atoms with Crippen molar-refractivity contribution in [1.29, 1.82) is 0 Å². The Labute approximate surface area is 293 Å². The monoisotopic (exact) mass is 673 g/mol. The molecule has 11 rings (SSSR count). The van der Waals surface area contributed by atoms with E-state index in [0.29, 0.717) is 0 Å². The quantitative estimate of drug-likeness (QED) is 0.174. The topological polar surface area (TPSA) is 25.6 Å². The molecule has 1 aromatic heterocycles.